The summed E-state index contributed by atoms with van der Waals surface area (Å²) in [5.41, 5.74) is -4.57. The van der Waals surface area contributed by atoms with Gasteiger partial charge in [-0.15, -0.1) is 0 Å². The second-order valence-corrected chi connectivity index (χ2v) is 9.26. The fraction of sp³-hybridized carbons (Fsp3) is 0.857. The van der Waals surface area contributed by atoms with Crippen LogP contribution in [-0.2, 0) is 23.1 Å². The normalized spacial score (nSPS) is 33.0. The second kappa shape index (κ2) is 5.53. The van der Waals surface area contributed by atoms with Crippen LogP contribution in [0.25, 0.3) is 0 Å². The lowest BCUT2D eigenvalue weighted by atomic mass is 9.88. The molecule has 2 amide bonds. The Morgan fingerprint density at radius 3 is 2.35 bits per heavy atom. The van der Waals surface area contributed by atoms with E-state index >= 15 is 4.39 Å². The van der Waals surface area contributed by atoms with E-state index in [9.17, 15) is 14.2 Å². The number of cyclic esters (lactones) is 1. The van der Waals surface area contributed by atoms with Crippen LogP contribution < -0.4 is 0 Å². The van der Waals surface area contributed by atoms with E-state index in [1.807, 2.05) is 13.8 Å². The van der Waals surface area contributed by atoms with Crippen molar-refractivity contribution in [2.45, 2.75) is 57.1 Å². The molecule has 1 saturated heterocycles. The number of ether oxygens (including phenoxy) is 1. The summed E-state index contributed by atoms with van der Waals surface area (Å²) >= 11 is 0. The average molecular weight is 351 g/mol. The summed E-state index contributed by atoms with van der Waals surface area (Å²) in [4.78, 5) is 25.6. The van der Waals surface area contributed by atoms with E-state index in [-0.39, 0.29) is 12.3 Å². The number of alkyl halides is 1. The molecule has 1 heterocycles. The summed E-state index contributed by atoms with van der Waals surface area (Å²) in [6.07, 6.45) is -1.19. The van der Waals surface area contributed by atoms with E-state index < -0.39 is 42.6 Å². The van der Waals surface area contributed by atoms with Crippen LogP contribution in [0.3, 0.4) is 0 Å². The fourth-order valence-electron chi connectivity index (χ4n) is 3.41. The van der Waals surface area contributed by atoms with E-state index in [1.54, 1.807) is 13.8 Å². The van der Waals surface area contributed by atoms with Crippen molar-refractivity contribution in [3.05, 3.63) is 0 Å². The van der Waals surface area contributed by atoms with Gasteiger partial charge in [-0.1, -0.05) is 13.8 Å². The second-order valence-electron chi connectivity index (χ2n) is 6.82. The van der Waals surface area contributed by atoms with Crippen molar-refractivity contribution in [1.29, 1.82) is 0 Å². The Labute approximate surface area is 135 Å². The Balaban J connectivity index is 2.31. The van der Waals surface area contributed by atoms with Crippen molar-refractivity contribution < 1.29 is 32.3 Å². The molecule has 0 aromatic heterocycles. The molecular formula is C14H23FNO6P. The molecule has 0 N–H and O–H groups in total. The molecule has 0 aromatic rings. The molecule has 0 bridgehead atoms. The molecule has 132 valence electrons. The van der Waals surface area contributed by atoms with E-state index in [4.69, 9.17) is 13.8 Å². The van der Waals surface area contributed by atoms with Crippen molar-refractivity contribution in [2.24, 2.45) is 5.92 Å². The number of amides is 2. The maximum Gasteiger partial charge on any atom is 0.417 e. The minimum atomic E-state index is -3.73. The van der Waals surface area contributed by atoms with Gasteiger partial charge in [-0.2, -0.15) is 0 Å². The van der Waals surface area contributed by atoms with E-state index in [1.165, 1.54) is 0 Å². The number of imide groups is 1. The maximum absolute atomic E-state index is 15.0. The number of hydrogen-bond acceptors (Lipinski definition) is 6. The molecule has 2 unspecified atom stereocenters. The minimum absolute atomic E-state index is 0.127. The minimum Gasteiger partial charge on any atom is -0.441 e. The van der Waals surface area contributed by atoms with Gasteiger partial charge in [0.25, 0.3) is 5.91 Å². The highest BCUT2D eigenvalue weighted by Crippen LogP contribution is 2.68. The van der Waals surface area contributed by atoms with Crippen molar-refractivity contribution in [3.8, 4) is 0 Å². The molecule has 9 heteroatoms. The number of halogens is 1. The van der Waals surface area contributed by atoms with Crippen LogP contribution in [0, 0.1) is 5.92 Å². The SMILES string of the molecule is COP(=O)(OC)C1CC1(F)C(=O)N1C(=O)OC(C)(C)[C@@H]1C(C)C. The predicted octanol–water partition coefficient (Wildman–Crippen LogP) is 2.73. The van der Waals surface area contributed by atoms with Crippen LogP contribution >= 0.6 is 7.60 Å². The van der Waals surface area contributed by atoms with Gasteiger partial charge < -0.3 is 13.8 Å². The first-order valence-electron chi connectivity index (χ1n) is 7.41. The van der Waals surface area contributed by atoms with Crippen LogP contribution in [0.1, 0.15) is 34.1 Å². The van der Waals surface area contributed by atoms with Crippen LogP contribution in [0.2, 0.25) is 0 Å². The molecule has 0 spiro atoms. The monoisotopic (exact) mass is 351 g/mol. The molecular weight excluding hydrogens is 328 g/mol. The lowest BCUT2D eigenvalue weighted by Crippen LogP contribution is -2.51. The molecule has 1 aliphatic heterocycles. The Hall–Kier alpha value is -0.980. The van der Waals surface area contributed by atoms with Gasteiger partial charge in [0.15, 0.2) is 0 Å². The van der Waals surface area contributed by atoms with Crippen molar-refractivity contribution in [2.75, 3.05) is 14.2 Å². The van der Waals surface area contributed by atoms with Crippen molar-refractivity contribution in [1.82, 2.24) is 4.90 Å². The molecule has 1 aliphatic carbocycles. The number of carbonyl (C=O) groups is 2. The molecule has 3 atom stereocenters. The third-order valence-electron chi connectivity index (χ3n) is 4.49. The molecule has 7 nitrogen and oxygen atoms in total. The van der Waals surface area contributed by atoms with E-state index in [0.717, 1.165) is 19.1 Å². The van der Waals surface area contributed by atoms with Crippen LogP contribution in [0.15, 0.2) is 0 Å². The Bertz CT molecular complexity index is 572. The molecule has 0 aromatic carbocycles. The summed E-state index contributed by atoms with van der Waals surface area (Å²) in [6, 6.07) is -0.610. The molecule has 2 fully saturated rings. The first-order valence-corrected chi connectivity index (χ1v) is 9.02. The molecule has 23 heavy (non-hydrogen) atoms. The molecule has 1 saturated carbocycles. The van der Waals surface area contributed by atoms with Gasteiger partial charge in [0.2, 0.25) is 5.67 Å². The van der Waals surface area contributed by atoms with Crippen LogP contribution in [-0.4, -0.2) is 54.1 Å². The highest BCUT2D eigenvalue weighted by Gasteiger charge is 2.73. The number of rotatable bonds is 5. The Morgan fingerprint density at radius 2 is 1.91 bits per heavy atom. The number of carbonyl (C=O) groups excluding carboxylic acids is 2. The third-order valence-corrected chi connectivity index (χ3v) is 6.87. The summed E-state index contributed by atoms with van der Waals surface area (Å²) in [7, 11) is -1.45. The smallest absolute Gasteiger partial charge is 0.417 e. The lowest BCUT2D eigenvalue weighted by Gasteiger charge is -2.31. The van der Waals surface area contributed by atoms with E-state index in [0.29, 0.717) is 0 Å². The van der Waals surface area contributed by atoms with Gasteiger partial charge in [0.1, 0.15) is 11.3 Å². The van der Waals surface area contributed by atoms with Crippen LogP contribution in [0.5, 0.6) is 0 Å². The number of nitrogens with zero attached hydrogens (tertiary/aromatic N) is 1. The zero-order valence-electron chi connectivity index (χ0n) is 14.2. The first-order chi connectivity index (χ1) is 10.4. The topological polar surface area (TPSA) is 82.1 Å². The summed E-state index contributed by atoms with van der Waals surface area (Å²) in [5, 5.41) is 0. The van der Waals surface area contributed by atoms with Gasteiger partial charge >= 0.3 is 13.7 Å². The number of hydrogen-bond donors (Lipinski definition) is 0. The third kappa shape index (κ3) is 2.71. The zero-order chi connectivity index (χ0) is 17.8. The Morgan fingerprint density at radius 1 is 1.39 bits per heavy atom. The molecule has 2 aliphatic rings. The zero-order valence-corrected chi connectivity index (χ0v) is 15.1. The Kier molecular flexibility index (Phi) is 4.42. The van der Waals surface area contributed by atoms with Gasteiger partial charge in [0, 0.05) is 20.6 Å². The quantitative estimate of drug-likeness (QED) is 0.709. The standard InChI is InChI=1S/C14H23FNO6P/c1-8(2)10-13(3,4)22-12(18)16(10)11(17)14(15)7-9(14)23(19,20-5)21-6/h8-10H,7H2,1-6H3/t9?,10-,14?/m0/s1. The maximum atomic E-state index is 15.0. The summed E-state index contributed by atoms with van der Waals surface area (Å²) in [5.74, 6) is -1.16. The van der Waals surface area contributed by atoms with Crippen molar-refractivity contribution >= 4 is 19.6 Å². The van der Waals surface area contributed by atoms with Gasteiger partial charge in [-0.25, -0.2) is 14.1 Å². The van der Waals surface area contributed by atoms with Crippen LogP contribution in [0.4, 0.5) is 9.18 Å². The largest absolute Gasteiger partial charge is 0.441 e. The van der Waals surface area contributed by atoms with Gasteiger partial charge in [0.05, 0.1) is 6.04 Å². The first kappa shape index (κ1) is 18.4. The highest BCUT2D eigenvalue weighted by atomic mass is 31.2. The van der Waals surface area contributed by atoms with Gasteiger partial charge in [-0.3, -0.25) is 9.36 Å². The highest BCUT2D eigenvalue weighted by molar-refractivity contribution is 7.55. The van der Waals surface area contributed by atoms with Crippen molar-refractivity contribution in [3.63, 3.8) is 0 Å². The average Bonchev–Trinajstić information content (AvgIpc) is 3.08. The summed E-state index contributed by atoms with van der Waals surface area (Å²) < 4.78 is 42.1. The van der Waals surface area contributed by atoms with Gasteiger partial charge in [-0.05, 0) is 19.8 Å². The summed E-state index contributed by atoms with van der Waals surface area (Å²) in [6.45, 7) is 6.99. The molecule has 2 rings (SSSR count). The lowest BCUT2D eigenvalue weighted by molar-refractivity contribution is -0.137. The van der Waals surface area contributed by atoms with E-state index in [2.05, 4.69) is 0 Å². The predicted molar refractivity (Wildman–Crippen MR) is 79.9 cm³/mol. The fourth-order valence-corrected chi connectivity index (χ4v) is 5.17. The molecule has 0 radical (unpaired) electrons.